The Bertz CT molecular complexity index is 960. The monoisotopic (exact) mass is 391 g/mol. The molecule has 0 spiro atoms. The Kier molecular flexibility index (Phi) is 5.12. The maximum absolute atomic E-state index is 12.5. The number of anilines is 1. The van der Waals surface area contributed by atoms with Crippen LogP contribution >= 0.6 is 0 Å². The quantitative estimate of drug-likeness (QED) is 0.794. The molecule has 1 fully saturated rings. The summed E-state index contributed by atoms with van der Waals surface area (Å²) < 4.78 is 0. The molecule has 2 aromatic carbocycles. The van der Waals surface area contributed by atoms with Gasteiger partial charge in [0.2, 0.25) is 5.91 Å². The molecule has 0 atom stereocenters. The molecular weight excluding hydrogens is 370 g/mol. The van der Waals surface area contributed by atoms with Crippen LogP contribution in [0.15, 0.2) is 48.5 Å². The van der Waals surface area contributed by atoms with E-state index < -0.39 is 0 Å². The fourth-order valence-electron chi connectivity index (χ4n) is 3.71. The van der Waals surface area contributed by atoms with Crippen molar-refractivity contribution in [1.82, 2.24) is 9.80 Å². The van der Waals surface area contributed by atoms with Gasteiger partial charge in [0.25, 0.3) is 17.7 Å². The summed E-state index contributed by atoms with van der Waals surface area (Å²) >= 11 is 0. The Morgan fingerprint density at radius 3 is 2.21 bits per heavy atom. The third kappa shape index (κ3) is 3.76. The van der Waals surface area contributed by atoms with Crippen LogP contribution in [0.2, 0.25) is 0 Å². The fourth-order valence-corrected chi connectivity index (χ4v) is 3.71. The topological polar surface area (TPSA) is 86.8 Å². The van der Waals surface area contributed by atoms with Crippen LogP contribution in [0.25, 0.3) is 0 Å². The van der Waals surface area contributed by atoms with E-state index in [1.54, 1.807) is 48.5 Å². The third-order valence-electron chi connectivity index (χ3n) is 5.23. The SMILES string of the molecule is O=C(CCN1C(=O)c2ccccc2C1=O)Nc1cccc(C(=O)N2CCCC2)c1. The summed E-state index contributed by atoms with van der Waals surface area (Å²) in [5.74, 6) is -1.12. The van der Waals surface area contributed by atoms with Crippen LogP contribution in [0.1, 0.15) is 50.3 Å². The highest BCUT2D eigenvalue weighted by Gasteiger charge is 2.34. The van der Waals surface area contributed by atoms with Gasteiger partial charge >= 0.3 is 0 Å². The predicted octanol–water partition coefficient (Wildman–Crippen LogP) is 2.55. The van der Waals surface area contributed by atoms with E-state index in [2.05, 4.69) is 5.32 Å². The summed E-state index contributed by atoms with van der Waals surface area (Å²) in [5.41, 5.74) is 1.78. The second-order valence-electron chi connectivity index (χ2n) is 7.19. The molecule has 0 aromatic heterocycles. The first-order chi connectivity index (χ1) is 14.0. The van der Waals surface area contributed by atoms with Gasteiger partial charge in [-0.25, -0.2) is 0 Å². The molecule has 0 radical (unpaired) electrons. The number of benzene rings is 2. The number of hydrogen-bond acceptors (Lipinski definition) is 4. The first-order valence-corrected chi connectivity index (χ1v) is 9.69. The molecule has 4 rings (SSSR count). The standard InChI is InChI=1S/C22H21N3O4/c26-19(10-13-25-21(28)17-8-1-2-9-18(17)22(25)29)23-16-7-5-6-15(14-16)20(27)24-11-3-4-12-24/h1-2,5-9,14H,3-4,10-13H2,(H,23,26). The zero-order chi connectivity index (χ0) is 20.4. The van der Waals surface area contributed by atoms with Crippen molar-refractivity contribution in [3.63, 3.8) is 0 Å². The summed E-state index contributed by atoms with van der Waals surface area (Å²) in [5, 5.41) is 2.74. The van der Waals surface area contributed by atoms with Gasteiger partial charge in [-0.2, -0.15) is 0 Å². The van der Waals surface area contributed by atoms with Crippen molar-refractivity contribution < 1.29 is 19.2 Å². The molecule has 0 bridgehead atoms. The van der Waals surface area contributed by atoms with Gasteiger partial charge < -0.3 is 10.2 Å². The van der Waals surface area contributed by atoms with Gasteiger partial charge in [-0.15, -0.1) is 0 Å². The van der Waals surface area contributed by atoms with Gasteiger partial charge in [-0.3, -0.25) is 24.1 Å². The minimum Gasteiger partial charge on any atom is -0.339 e. The van der Waals surface area contributed by atoms with Gasteiger partial charge in [0.1, 0.15) is 0 Å². The Morgan fingerprint density at radius 2 is 1.55 bits per heavy atom. The van der Waals surface area contributed by atoms with Crippen LogP contribution < -0.4 is 5.32 Å². The van der Waals surface area contributed by atoms with Crippen molar-refractivity contribution in [2.24, 2.45) is 0 Å². The number of amides is 4. The molecule has 0 unspecified atom stereocenters. The molecule has 2 aliphatic heterocycles. The second kappa shape index (κ2) is 7.87. The van der Waals surface area contributed by atoms with E-state index >= 15 is 0 Å². The number of nitrogens with one attached hydrogen (secondary N) is 1. The van der Waals surface area contributed by atoms with Crippen molar-refractivity contribution in [3.8, 4) is 0 Å². The van der Waals surface area contributed by atoms with Crippen LogP contribution in [-0.4, -0.2) is 53.1 Å². The van der Waals surface area contributed by atoms with E-state index in [1.807, 2.05) is 4.90 Å². The van der Waals surface area contributed by atoms with Crippen molar-refractivity contribution in [1.29, 1.82) is 0 Å². The Balaban J connectivity index is 1.36. The van der Waals surface area contributed by atoms with Crippen molar-refractivity contribution in [2.75, 3.05) is 25.0 Å². The summed E-state index contributed by atoms with van der Waals surface area (Å²) in [6.07, 6.45) is 2.01. The minimum absolute atomic E-state index is 0.00454. The van der Waals surface area contributed by atoms with Gasteiger partial charge in [0.15, 0.2) is 0 Å². The fraction of sp³-hybridized carbons (Fsp3) is 0.273. The smallest absolute Gasteiger partial charge is 0.261 e. The van der Waals surface area contributed by atoms with Gasteiger partial charge in [0, 0.05) is 37.3 Å². The summed E-state index contributed by atoms with van der Waals surface area (Å²) in [4.78, 5) is 52.4. The number of rotatable bonds is 5. The number of carbonyl (C=O) groups is 4. The van der Waals surface area contributed by atoms with Gasteiger partial charge in [0.05, 0.1) is 11.1 Å². The van der Waals surface area contributed by atoms with Crippen LogP contribution in [0.4, 0.5) is 5.69 Å². The zero-order valence-corrected chi connectivity index (χ0v) is 15.9. The van der Waals surface area contributed by atoms with E-state index in [0.29, 0.717) is 22.4 Å². The lowest BCUT2D eigenvalue weighted by Gasteiger charge is -2.16. The van der Waals surface area contributed by atoms with Crippen LogP contribution in [0.5, 0.6) is 0 Å². The average Bonchev–Trinajstić information content (AvgIpc) is 3.35. The van der Waals surface area contributed by atoms with Crippen molar-refractivity contribution in [3.05, 3.63) is 65.2 Å². The average molecular weight is 391 g/mol. The molecule has 148 valence electrons. The number of imide groups is 1. The number of carbonyl (C=O) groups excluding carboxylic acids is 4. The molecule has 29 heavy (non-hydrogen) atoms. The molecule has 2 heterocycles. The predicted molar refractivity (Wildman–Crippen MR) is 107 cm³/mol. The lowest BCUT2D eigenvalue weighted by atomic mass is 10.1. The zero-order valence-electron chi connectivity index (χ0n) is 15.9. The number of fused-ring (bicyclic) bond motifs is 1. The van der Waals surface area contributed by atoms with Crippen LogP contribution in [0.3, 0.4) is 0 Å². The molecule has 2 aromatic rings. The highest BCUT2D eigenvalue weighted by Crippen LogP contribution is 2.22. The molecule has 0 aliphatic carbocycles. The number of hydrogen-bond donors (Lipinski definition) is 1. The normalized spacial score (nSPS) is 15.6. The summed E-state index contributed by atoms with van der Waals surface area (Å²) in [6, 6.07) is 13.4. The maximum atomic E-state index is 12.5. The van der Waals surface area contributed by atoms with Crippen molar-refractivity contribution >= 4 is 29.3 Å². The maximum Gasteiger partial charge on any atom is 0.261 e. The highest BCUT2D eigenvalue weighted by molar-refractivity contribution is 6.21. The second-order valence-corrected chi connectivity index (χ2v) is 7.19. The lowest BCUT2D eigenvalue weighted by Crippen LogP contribution is -2.33. The third-order valence-corrected chi connectivity index (χ3v) is 5.23. The molecule has 7 heteroatoms. The summed E-state index contributed by atoms with van der Waals surface area (Å²) in [6.45, 7) is 1.52. The summed E-state index contributed by atoms with van der Waals surface area (Å²) in [7, 11) is 0. The molecular formula is C22H21N3O4. The molecule has 7 nitrogen and oxygen atoms in total. The Morgan fingerprint density at radius 1 is 0.897 bits per heavy atom. The molecule has 4 amide bonds. The number of likely N-dealkylation sites (tertiary alicyclic amines) is 1. The lowest BCUT2D eigenvalue weighted by molar-refractivity contribution is -0.116. The molecule has 1 N–H and O–H groups in total. The van der Waals surface area contributed by atoms with Crippen LogP contribution in [-0.2, 0) is 4.79 Å². The molecule has 0 saturated carbocycles. The molecule has 2 aliphatic rings. The molecule has 1 saturated heterocycles. The first-order valence-electron chi connectivity index (χ1n) is 9.69. The van der Waals surface area contributed by atoms with Crippen molar-refractivity contribution in [2.45, 2.75) is 19.3 Å². The van der Waals surface area contributed by atoms with E-state index in [9.17, 15) is 19.2 Å². The highest BCUT2D eigenvalue weighted by atomic mass is 16.2. The van der Waals surface area contributed by atoms with E-state index in [0.717, 1.165) is 30.8 Å². The Labute approximate surface area is 168 Å². The minimum atomic E-state index is -0.378. The van der Waals surface area contributed by atoms with E-state index in [4.69, 9.17) is 0 Å². The van der Waals surface area contributed by atoms with Gasteiger partial charge in [-0.05, 0) is 43.2 Å². The van der Waals surface area contributed by atoms with Gasteiger partial charge in [-0.1, -0.05) is 18.2 Å². The van der Waals surface area contributed by atoms with E-state index in [-0.39, 0.29) is 36.6 Å². The first kappa shape index (κ1) is 18.9. The van der Waals surface area contributed by atoms with E-state index in [1.165, 1.54) is 0 Å². The Hall–Kier alpha value is -3.48. The number of nitrogens with zero attached hydrogens (tertiary/aromatic N) is 2. The largest absolute Gasteiger partial charge is 0.339 e. The van der Waals surface area contributed by atoms with Crippen LogP contribution in [0, 0.1) is 0 Å².